The van der Waals surface area contributed by atoms with Gasteiger partial charge in [0.25, 0.3) is 0 Å². The van der Waals surface area contributed by atoms with Crippen molar-refractivity contribution in [3.63, 3.8) is 0 Å². The van der Waals surface area contributed by atoms with Gasteiger partial charge < -0.3 is 49.2 Å². The highest BCUT2D eigenvalue weighted by molar-refractivity contribution is 5.42. The van der Waals surface area contributed by atoms with E-state index in [2.05, 4.69) is 0 Å². The molecule has 0 saturated carbocycles. The molecule has 0 fully saturated rings. The van der Waals surface area contributed by atoms with Crippen LogP contribution >= 0.6 is 0 Å². The number of hydrogen-bond donors (Lipinski definition) is 5. The van der Waals surface area contributed by atoms with E-state index in [1.165, 1.54) is 13.2 Å². The maximum absolute atomic E-state index is 10.8. The largest absolute Gasteiger partial charge is 0.508 e. The summed E-state index contributed by atoms with van der Waals surface area (Å²) in [5.74, 6) is 2.87. The standard InChI is InChI=1S/C24H26O5.C17H20O5/c1-17-14-19(12-13-20(17)28-16-18-8-4-3-5-9-18)24(26)23(15-25)29-22-11-7-6-10-21(22)27-2;1-11-9-12(7-8-13(11)19)17(20)16(10-18)22-15-6-4-3-5-14(15)21-2/h3-14,23-26H,15-16H2,1-2H3;3-9,16-20H,10H2,1-2H3. The fourth-order valence-electron chi connectivity index (χ4n) is 5.21. The molecule has 5 N–H and O–H groups in total. The smallest absolute Gasteiger partial charge is 0.161 e. The van der Waals surface area contributed by atoms with Crippen LogP contribution in [0.25, 0.3) is 0 Å². The van der Waals surface area contributed by atoms with Crippen LogP contribution in [0.1, 0.15) is 40.0 Å². The van der Waals surface area contributed by atoms with E-state index in [-0.39, 0.29) is 19.0 Å². The lowest BCUT2D eigenvalue weighted by atomic mass is 10.0. The number of hydrogen-bond acceptors (Lipinski definition) is 10. The minimum absolute atomic E-state index is 0.155. The third-order valence-corrected chi connectivity index (χ3v) is 8.10. The summed E-state index contributed by atoms with van der Waals surface area (Å²) < 4.78 is 27.9. The van der Waals surface area contributed by atoms with Crippen molar-refractivity contribution >= 4 is 0 Å². The molecule has 0 aliphatic heterocycles. The number of methoxy groups -OCH3 is 2. The van der Waals surface area contributed by atoms with Gasteiger partial charge >= 0.3 is 0 Å². The number of benzene rings is 5. The monoisotopic (exact) mass is 698 g/mol. The van der Waals surface area contributed by atoms with Crippen molar-refractivity contribution in [2.45, 2.75) is 44.9 Å². The predicted molar refractivity (Wildman–Crippen MR) is 194 cm³/mol. The summed E-state index contributed by atoms with van der Waals surface area (Å²) in [5, 5.41) is 50.0. The second kappa shape index (κ2) is 19.2. The summed E-state index contributed by atoms with van der Waals surface area (Å²) in [4.78, 5) is 0. The zero-order valence-corrected chi connectivity index (χ0v) is 29.2. The number of aromatic hydroxyl groups is 1. The maximum atomic E-state index is 10.8. The second-order valence-electron chi connectivity index (χ2n) is 11.7. The molecule has 10 heteroatoms. The molecular formula is C41H46O10. The summed E-state index contributed by atoms with van der Waals surface area (Å²) >= 11 is 0. The normalized spacial score (nSPS) is 13.1. The van der Waals surface area contributed by atoms with E-state index >= 15 is 0 Å². The molecule has 0 bridgehead atoms. The number of aliphatic hydroxyl groups is 4. The van der Waals surface area contributed by atoms with E-state index in [0.29, 0.717) is 46.3 Å². The number of aliphatic hydroxyl groups excluding tert-OH is 4. The number of ether oxygens (including phenoxy) is 5. The minimum Gasteiger partial charge on any atom is -0.508 e. The van der Waals surface area contributed by atoms with Crippen molar-refractivity contribution in [2.24, 2.45) is 0 Å². The summed E-state index contributed by atoms with van der Waals surface area (Å²) in [6.07, 6.45) is -3.72. The average molecular weight is 699 g/mol. The van der Waals surface area contributed by atoms with Crippen LogP contribution in [-0.2, 0) is 6.61 Å². The Morgan fingerprint density at radius 1 is 0.529 bits per heavy atom. The third kappa shape index (κ3) is 10.6. The SMILES string of the molecule is COc1ccccc1OC(CO)C(O)c1ccc(O)c(C)c1.COc1ccccc1OC(CO)C(O)c1ccc(OCc2ccccc2)c(C)c1. The van der Waals surface area contributed by atoms with Crippen molar-refractivity contribution in [2.75, 3.05) is 27.4 Å². The van der Waals surface area contributed by atoms with E-state index in [4.69, 9.17) is 23.7 Å². The molecule has 0 radical (unpaired) electrons. The Hall–Kier alpha value is -5.26. The lowest BCUT2D eigenvalue weighted by Gasteiger charge is -2.24. The molecule has 0 saturated heterocycles. The lowest BCUT2D eigenvalue weighted by molar-refractivity contribution is -0.000526. The Morgan fingerprint density at radius 3 is 1.43 bits per heavy atom. The van der Waals surface area contributed by atoms with Gasteiger partial charge in [-0.05, 0) is 90.2 Å². The molecule has 5 rings (SSSR count). The van der Waals surface area contributed by atoms with Gasteiger partial charge in [-0.3, -0.25) is 0 Å². The summed E-state index contributed by atoms with van der Waals surface area (Å²) in [6, 6.07) is 34.3. The molecule has 51 heavy (non-hydrogen) atoms. The van der Waals surface area contributed by atoms with Gasteiger partial charge in [0.1, 0.15) is 30.3 Å². The topological polar surface area (TPSA) is 147 Å². The lowest BCUT2D eigenvalue weighted by Crippen LogP contribution is -2.29. The number of aryl methyl sites for hydroxylation is 2. The number of phenolic OH excluding ortho intramolecular Hbond substituents is 1. The van der Waals surface area contributed by atoms with Crippen LogP contribution in [0.4, 0.5) is 0 Å². The first-order valence-electron chi connectivity index (χ1n) is 16.4. The van der Waals surface area contributed by atoms with E-state index in [1.807, 2.05) is 61.5 Å². The van der Waals surface area contributed by atoms with E-state index in [1.54, 1.807) is 68.6 Å². The highest BCUT2D eigenvalue weighted by atomic mass is 16.5. The second-order valence-corrected chi connectivity index (χ2v) is 11.7. The van der Waals surface area contributed by atoms with Crippen molar-refractivity contribution in [1.29, 1.82) is 0 Å². The van der Waals surface area contributed by atoms with Crippen LogP contribution in [0, 0.1) is 13.8 Å². The van der Waals surface area contributed by atoms with Crippen molar-refractivity contribution in [1.82, 2.24) is 0 Å². The first kappa shape index (κ1) is 38.5. The Balaban J connectivity index is 0.000000238. The molecule has 0 aromatic heterocycles. The molecule has 0 heterocycles. The molecular weight excluding hydrogens is 652 g/mol. The number of para-hydroxylation sites is 4. The molecule has 4 atom stereocenters. The molecule has 4 unspecified atom stereocenters. The zero-order valence-electron chi connectivity index (χ0n) is 29.2. The van der Waals surface area contributed by atoms with Crippen LogP contribution in [0.2, 0.25) is 0 Å². The van der Waals surface area contributed by atoms with E-state index in [9.17, 15) is 25.5 Å². The molecule has 0 aliphatic rings. The number of phenols is 1. The molecule has 270 valence electrons. The van der Waals surface area contributed by atoms with Crippen LogP contribution in [0.15, 0.2) is 115 Å². The average Bonchev–Trinajstić information content (AvgIpc) is 3.17. The summed E-state index contributed by atoms with van der Waals surface area (Å²) in [5.41, 5.74) is 3.83. The van der Waals surface area contributed by atoms with Crippen LogP contribution in [0.3, 0.4) is 0 Å². The Kier molecular flexibility index (Phi) is 14.5. The third-order valence-electron chi connectivity index (χ3n) is 8.10. The van der Waals surface area contributed by atoms with Gasteiger partial charge in [0.05, 0.1) is 27.4 Å². The first-order valence-corrected chi connectivity index (χ1v) is 16.4. The number of rotatable bonds is 15. The predicted octanol–water partition coefficient (Wildman–Crippen LogP) is 6.24. The van der Waals surface area contributed by atoms with Gasteiger partial charge in [0, 0.05) is 0 Å². The molecule has 0 aliphatic carbocycles. The highest BCUT2D eigenvalue weighted by Gasteiger charge is 2.25. The van der Waals surface area contributed by atoms with Gasteiger partial charge in [-0.15, -0.1) is 0 Å². The molecule has 10 nitrogen and oxygen atoms in total. The van der Waals surface area contributed by atoms with Crippen LogP contribution in [-0.4, -0.2) is 65.2 Å². The maximum Gasteiger partial charge on any atom is 0.161 e. The van der Waals surface area contributed by atoms with Gasteiger partial charge in [-0.2, -0.15) is 0 Å². The first-order chi connectivity index (χ1) is 24.7. The Bertz CT molecular complexity index is 1800. The highest BCUT2D eigenvalue weighted by Crippen LogP contribution is 2.32. The fourth-order valence-corrected chi connectivity index (χ4v) is 5.21. The van der Waals surface area contributed by atoms with Crippen molar-refractivity contribution < 1.29 is 49.2 Å². The van der Waals surface area contributed by atoms with E-state index in [0.717, 1.165) is 16.9 Å². The molecule has 5 aromatic carbocycles. The summed E-state index contributed by atoms with van der Waals surface area (Å²) in [7, 11) is 3.07. The van der Waals surface area contributed by atoms with Crippen LogP contribution in [0.5, 0.6) is 34.5 Å². The minimum atomic E-state index is -1.03. The fraction of sp³-hybridized carbons (Fsp3) is 0.268. The summed E-state index contributed by atoms with van der Waals surface area (Å²) in [6.45, 7) is 3.43. The molecule has 5 aromatic rings. The van der Waals surface area contributed by atoms with Gasteiger partial charge in [0.15, 0.2) is 35.2 Å². The van der Waals surface area contributed by atoms with E-state index < -0.39 is 24.4 Å². The molecule has 0 amide bonds. The molecule has 0 spiro atoms. The van der Waals surface area contributed by atoms with Gasteiger partial charge in [-0.1, -0.05) is 66.7 Å². The Morgan fingerprint density at radius 2 is 0.980 bits per heavy atom. The Labute approximate surface area is 298 Å². The van der Waals surface area contributed by atoms with Crippen molar-refractivity contribution in [3.05, 3.63) is 143 Å². The van der Waals surface area contributed by atoms with Crippen LogP contribution < -0.4 is 23.7 Å². The quantitative estimate of drug-likeness (QED) is 0.0852. The van der Waals surface area contributed by atoms with Gasteiger partial charge in [0.2, 0.25) is 0 Å². The van der Waals surface area contributed by atoms with Crippen molar-refractivity contribution in [3.8, 4) is 34.5 Å². The van der Waals surface area contributed by atoms with Gasteiger partial charge in [-0.25, -0.2) is 0 Å². The zero-order chi connectivity index (χ0) is 36.8.